The summed E-state index contributed by atoms with van der Waals surface area (Å²) in [6.45, 7) is 4.94. The van der Waals surface area contributed by atoms with E-state index >= 15 is 0 Å². The molecule has 8 heteroatoms. The van der Waals surface area contributed by atoms with Crippen LogP contribution in [0, 0.1) is 11.1 Å². The first-order chi connectivity index (χ1) is 16.0. The molecule has 1 amide bonds. The number of pyridine rings is 1. The number of halogens is 2. The van der Waals surface area contributed by atoms with E-state index in [2.05, 4.69) is 38.3 Å². The van der Waals surface area contributed by atoms with Gasteiger partial charge in [-0.15, -0.1) is 0 Å². The van der Waals surface area contributed by atoms with Crippen LogP contribution in [-0.2, 0) is 17.6 Å². The maximum absolute atomic E-state index is 13.1. The topological polar surface area (TPSA) is 62.5 Å². The van der Waals surface area contributed by atoms with E-state index in [9.17, 15) is 10.0 Å². The van der Waals surface area contributed by atoms with E-state index in [0.29, 0.717) is 25.4 Å². The second-order valence-corrected chi connectivity index (χ2v) is 10.8. The number of rotatable bonds is 3. The average molecular weight is 534 g/mol. The van der Waals surface area contributed by atoms with Crippen LogP contribution in [0.1, 0.15) is 47.7 Å². The quantitative estimate of drug-likeness (QED) is 0.485. The van der Waals surface area contributed by atoms with Crippen LogP contribution < -0.4 is 10.0 Å². The summed E-state index contributed by atoms with van der Waals surface area (Å²) in [4.78, 5) is 17.3. The molecular formula is C25H30BrClN4O2. The fourth-order valence-corrected chi connectivity index (χ4v) is 6.29. The molecule has 1 aromatic heterocycles. The summed E-state index contributed by atoms with van der Waals surface area (Å²) in [5.41, 5.74) is 4.22. The third-order valence-electron chi connectivity index (χ3n) is 7.40. The van der Waals surface area contributed by atoms with Gasteiger partial charge < -0.3 is 15.4 Å². The molecule has 0 unspecified atom stereocenters. The predicted octanol–water partition coefficient (Wildman–Crippen LogP) is 3.46. The summed E-state index contributed by atoms with van der Waals surface area (Å²) in [5.74, 6) is 0.776. The average Bonchev–Trinajstić information content (AvgIpc) is 2.96. The lowest BCUT2D eigenvalue weighted by Gasteiger charge is -2.39. The highest BCUT2D eigenvalue weighted by Gasteiger charge is 2.37. The normalized spacial score (nSPS) is 21.9. The fraction of sp³-hybridized carbons (Fsp3) is 0.520. The highest BCUT2D eigenvalue weighted by molar-refractivity contribution is 9.10. The van der Waals surface area contributed by atoms with Crippen LogP contribution in [0.3, 0.4) is 0 Å². The van der Waals surface area contributed by atoms with Crippen LogP contribution in [0.2, 0.25) is 5.02 Å². The molecule has 2 aliphatic heterocycles. The molecule has 176 valence electrons. The molecule has 3 heterocycles. The van der Waals surface area contributed by atoms with Gasteiger partial charge >= 0.3 is 0 Å². The van der Waals surface area contributed by atoms with Gasteiger partial charge in [-0.05, 0) is 89.9 Å². The zero-order valence-electron chi connectivity index (χ0n) is 18.7. The molecule has 2 aromatic rings. The Morgan fingerprint density at radius 2 is 1.85 bits per heavy atom. The molecule has 2 saturated heterocycles. The third-order valence-corrected chi connectivity index (χ3v) is 8.06. The standard InChI is InChI=1S/C25H30BrClN4O2/c26-20-14-19-2-1-18-15-21(27)3-4-22(18)25(24(19)31(33)16-20)30-11-9-29(10-12-30)23(32)13-17-5-7-28-8-6-17/h3-4,14-17,25,28H,1-2,5-13H2/t25-/m0/s1. The molecule has 0 bridgehead atoms. The maximum Gasteiger partial charge on any atom is 0.222 e. The van der Waals surface area contributed by atoms with Crippen LogP contribution in [0.5, 0.6) is 0 Å². The van der Waals surface area contributed by atoms with Crippen molar-refractivity contribution in [1.82, 2.24) is 15.1 Å². The number of carbonyl (C=O) groups is 1. The summed E-state index contributed by atoms with van der Waals surface area (Å²) in [7, 11) is 0. The molecule has 1 aromatic carbocycles. The number of nitrogens with one attached hydrogen (secondary N) is 1. The lowest BCUT2D eigenvalue weighted by atomic mass is 9.93. The first-order valence-corrected chi connectivity index (χ1v) is 13.1. The second-order valence-electron chi connectivity index (χ2n) is 9.45. The van der Waals surface area contributed by atoms with Crippen LogP contribution in [0.15, 0.2) is 34.9 Å². The number of piperazine rings is 1. The van der Waals surface area contributed by atoms with Gasteiger partial charge in [-0.25, -0.2) is 0 Å². The Hall–Kier alpha value is -1.67. The third kappa shape index (κ3) is 4.92. The van der Waals surface area contributed by atoms with Gasteiger partial charge in [0.2, 0.25) is 11.6 Å². The SMILES string of the molecule is O=C(CC1CCNCC1)N1CCN([C@H]2c3ccc(Cl)cc3CCc3cc(Br)c[n+]([O-])c32)CC1. The largest absolute Gasteiger partial charge is 0.618 e. The molecule has 2 fully saturated rings. The van der Waals surface area contributed by atoms with Gasteiger partial charge in [0.1, 0.15) is 6.04 Å². The Kier molecular flexibility index (Phi) is 6.93. The molecule has 3 aliphatic rings. The van der Waals surface area contributed by atoms with Gasteiger partial charge in [0.15, 0.2) is 6.20 Å². The lowest BCUT2D eigenvalue weighted by molar-refractivity contribution is -0.617. The number of carbonyl (C=O) groups excluding carboxylic acids is 1. The molecule has 6 nitrogen and oxygen atoms in total. The van der Waals surface area contributed by atoms with Gasteiger partial charge in [0, 0.05) is 43.2 Å². The lowest BCUT2D eigenvalue weighted by Crippen LogP contribution is -2.52. The highest BCUT2D eigenvalue weighted by Crippen LogP contribution is 2.37. The first-order valence-electron chi connectivity index (χ1n) is 11.9. The van der Waals surface area contributed by atoms with Gasteiger partial charge in [0.25, 0.3) is 0 Å². The van der Waals surface area contributed by atoms with E-state index in [1.54, 1.807) is 6.20 Å². The summed E-state index contributed by atoms with van der Waals surface area (Å²) in [6, 6.07) is 7.98. The van der Waals surface area contributed by atoms with Crippen molar-refractivity contribution in [3.63, 3.8) is 0 Å². The van der Waals surface area contributed by atoms with Gasteiger partial charge in [0.05, 0.1) is 4.47 Å². The van der Waals surface area contributed by atoms with Crippen molar-refractivity contribution < 1.29 is 9.52 Å². The minimum absolute atomic E-state index is 0.137. The minimum Gasteiger partial charge on any atom is -0.618 e. The summed E-state index contributed by atoms with van der Waals surface area (Å²) >= 11 is 9.82. The van der Waals surface area contributed by atoms with Gasteiger partial charge in [-0.2, -0.15) is 4.73 Å². The summed E-state index contributed by atoms with van der Waals surface area (Å²) < 4.78 is 1.83. The molecule has 1 N–H and O–H groups in total. The Morgan fingerprint density at radius 1 is 1.12 bits per heavy atom. The van der Waals surface area contributed by atoms with Crippen LogP contribution in [0.25, 0.3) is 0 Å². The van der Waals surface area contributed by atoms with Crippen molar-refractivity contribution in [1.29, 1.82) is 0 Å². The van der Waals surface area contributed by atoms with E-state index < -0.39 is 0 Å². The van der Waals surface area contributed by atoms with E-state index in [-0.39, 0.29) is 11.9 Å². The molecule has 5 rings (SSSR count). The number of aryl methyl sites for hydroxylation is 2. The predicted molar refractivity (Wildman–Crippen MR) is 132 cm³/mol. The van der Waals surface area contributed by atoms with Crippen molar-refractivity contribution in [3.8, 4) is 0 Å². The first kappa shape index (κ1) is 23.1. The Labute approximate surface area is 208 Å². The molecule has 1 atom stereocenters. The number of benzene rings is 1. The van der Waals surface area contributed by atoms with Gasteiger partial charge in [-0.3, -0.25) is 9.69 Å². The fourth-order valence-electron chi connectivity index (χ4n) is 5.63. The number of nitrogens with zero attached hydrogens (tertiary/aromatic N) is 3. The minimum atomic E-state index is -0.137. The molecule has 1 aliphatic carbocycles. The van der Waals surface area contributed by atoms with E-state index in [0.717, 1.165) is 82.9 Å². The van der Waals surface area contributed by atoms with Crippen LogP contribution >= 0.6 is 27.5 Å². The number of aromatic nitrogens is 1. The van der Waals surface area contributed by atoms with Crippen LogP contribution in [0.4, 0.5) is 0 Å². The highest BCUT2D eigenvalue weighted by atomic mass is 79.9. The monoisotopic (exact) mass is 532 g/mol. The van der Waals surface area contributed by atoms with Crippen molar-refractivity contribution in [2.75, 3.05) is 39.3 Å². The number of amides is 1. The Bertz CT molecular complexity index is 1040. The number of hydrogen-bond acceptors (Lipinski definition) is 4. The Morgan fingerprint density at radius 3 is 2.61 bits per heavy atom. The van der Waals surface area contributed by atoms with Crippen molar-refractivity contribution >= 4 is 33.4 Å². The zero-order chi connectivity index (χ0) is 22.9. The number of fused-ring (bicyclic) bond motifs is 2. The molecule has 0 saturated carbocycles. The number of hydrogen-bond donors (Lipinski definition) is 1. The maximum atomic E-state index is 13.1. The van der Waals surface area contributed by atoms with E-state index in [4.69, 9.17) is 11.6 Å². The second kappa shape index (κ2) is 9.90. The molecule has 33 heavy (non-hydrogen) atoms. The Balaban J connectivity index is 1.38. The summed E-state index contributed by atoms with van der Waals surface area (Å²) in [6.07, 6.45) is 6.08. The van der Waals surface area contributed by atoms with Crippen molar-refractivity contribution in [3.05, 3.63) is 67.5 Å². The summed E-state index contributed by atoms with van der Waals surface area (Å²) in [5, 5.41) is 17.2. The van der Waals surface area contributed by atoms with Crippen molar-refractivity contribution in [2.24, 2.45) is 5.92 Å². The van der Waals surface area contributed by atoms with Crippen molar-refractivity contribution in [2.45, 2.75) is 38.1 Å². The smallest absolute Gasteiger partial charge is 0.222 e. The van der Waals surface area contributed by atoms with E-state index in [1.807, 2.05) is 17.0 Å². The molecule has 0 spiro atoms. The molecular weight excluding hydrogens is 504 g/mol. The zero-order valence-corrected chi connectivity index (χ0v) is 21.1. The van der Waals surface area contributed by atoms with E-state index in [1.165, 1.54) is 5.56 Å². The number of piperidine rings is 1. The van der Waals surface area contributed by atoms with Gasteiger partial charge in [-0.1, -0.05) is 17.7 Å². The molecule has 0 radical (unpaired) electrons. The van der Waals surface area contributed by atoms with Crippen LogP contribution in [-0.4, -0.2) is 55.0 Å².